The molecule has 140 valence electrons. The summed E-state index contributed by atoms with van der Waals surface area (Å²) in [5.74, 6) is 1.01. The Hall–Kier alpha value is -3.38. The Bertz CT molecular complexity index is 1170. The number of hydrogen-bond donors (Lipinski definition) is 3. The van der Waals surface area contributed by atoms with E-state index in [0.29, 0.717) is 22.3 Å². The summed E-state index contributed by atoms with van der Waals surface area (Å²) < 4.78 is 0. The first-order chi connectivity index (χ1) is 13.5. The quantitative estimate of drug-likeness (QED) is 0.434. The molecular formula is C21H19ClN6. The second kappa shape index (κ2) is 7.32. The van der Waals surface area contributed by atoms with E-state index >= 15 is 0 Å². The van der Waals surface area contributed by atoms with Gasteiger partial charge in [-0.15, -0.1) is 0 Å². The molecule has 4 N–H and O–H groups in total. The van der Waals surface area contributed by atoms with Gasteiger partial charge in [-0.05, 0) is 43.7 Å². The van der Waals surface area contributed by atoms with Crippen molar-refractivity contribution in [1.29, 1.82) is 0 Å². The van der Waals surface area contributed by atoms with Crippen LogP contribution in [0, 0.1) is 13.8 Å². The van der Waals surface area contributed by atoms with Gasteiger partial charge in [0.1, 0.15) is 12.0 Å². The predicted octanol–water partition coefficient (Wildman–Crippen LogP) is 5.36. The summed E-state index contributed by atoms with van der Waals surface area (Å²) in [6.45, 7) is 3.90. The van der Waals surface area contributed by atoms with Crippen LogP contribution in [0.5, 0.6) is 0 Å². The third-order valence-electron chi connectivity index (χ3n) is 4.52. The first-order valence-corrected chi connectivity index (χ1v) is 9.17. The van der Waals surface area contributed by atoms with E-state index in [1.54, 1.807) is 0 Å². The predicted molar refractivity (Wildman–Crippen MR) is 116 cm³/mol. The van der Waals surface area contributed by atoms with Gasteiger partial charge in [0.2, 0.25) is 0 Å². The maximum atomic E-state index is 6.34. The average molecular weight is 391 g/mol. The highest BCUT2D eigenvalue weighted by Crippen LogP contribution is 2.32. The SMILES string of the molecule is Cc1ccc2cccc(Nc3ncnc(Nc4cccc(Cl)c4C)c3N)c2n1. The Morgan fingerprint density at radius 1 is 0.857 bits per heavy atom. The number of anilines is 5. The van der Waals surface area contributed by atoms with Gasteiger partial charge in [-0.3, -0.25) is 4.98 Å². The van der Waals surface area contributed by atoms with Gasteiger partial charge < -0.3 is 16.4 Å². The number of nitrogens with zero attached hydrogens (tertiary/aromatic N) is 3. The van der Waals surface area contributed by atoms with E-state index < -0.39 is 0 Å². The Kier molecular flexibility index (Phi) is 4.71. The van der Waals surface area contributed by atoms with E-state index in [9.17, 15) is 0 Å². The number of nitrogens with one attached hydrogen (secondary N) is 2. The van der Waals surface area contributed by atoms with Crippen molar-refractivity contribution in [3.8, 4) is 0 Å². The molecule has 28 heavy (non-hydrogen) atoms. The topological polar surface area (TPSA) is 88.8 Å². The van der Waals surface area contributed by atoms with Gasteiger partial charge >= 0.3 is 0 Å². The van der Waals surface area contributed by atoms with E-state index in [2.05, 4.69) is 25.6 Å². The highest BCUT2D eigenvalue weighted by Gasteiger charge is 2.12. The fourth-order valence-electron chi connectivity index (χ4n) is 2.94. The number of aromatic nitrogens is 3. The Labute approximate surface area is 167 Å². The van der Waals surface area contributed by atoms with Crippen LogP contribution in [-0.2, 0) is 0 Å². The second-order valence-electron chi connectivity index (χ2n) is 6.48. The maximum Gasteiger partial charge on any atom is 0.159 e. The zero-order valence-corrected chi connectivity index (χ0v) is 16.2. The van der Waals surface area contributed by atoms with Crippen LogP contribution in [0.2, 0.25) is 5.02 Å². The third-order valence-corrected chi connectivity index (χ3v) is 4.93. The number of hydrogen-bond acceptors (Lipinski definition) is 6. The van der Waals surface area contributed by atoms with Crippen LogP contribution in [0.15, 0.2) is 54.9 Å². The van der Waals surface area contributed by atoms with Gasteiger partial charge in [0.15, 0.2) is 11.6 Å². The number of aryl methyl sites for hydroxylation is 1. The lowest BCUT2D eigenvalue weighted by Crippen LogP contribution is -2.06. The normalized spacial score (nSPS) is 10.8. The number of halogens is 1. The molecule has 0 spiro atoms. The van der Waals surface area contributed by atoms with Crippen LogP contribution in [0.4, 0.5) is 28.7 Å². The van der Waals surface area contributed by atoms with E-state index in [0.717, 1.165) is 33.5 Å². The minimum atomic E-state index is 0.409. The molecule has 2 heterocycles. The molecule has 0 bridgehead atoms. The molecule has 0 aliphatic carbocycles. The lowest BCUT2D eigenvalue weighted by molar-refractivity contribution is 1.17. The molecule has 2 aromatic carbocycles. The molecule has 4 aromatic rings. The minimum absolute atomic E-state index is 0.409. The molecule has 0 radical (unpaired) electrons. The van der Waals surface area contributed by atoms with Crippen LogP contribution < -0.4 is 16.4 Å². The molecule has 2 aromatic heterocycles. The van der Waals surface area contributed by atoms with Crippen molar-refractivity contribution >= 4 is 51.2 Å². The van der Waals surface area contributed by atoms with Gasteiger partial charge in [-0.2, -0.15) is 0 Å². The molecule has 0 saturated heterocycles. The lowest BCUT2D eigenvalue weighted by atomic mass is 10.1. The lowest BCUT2D eigenvalue weighted by Gasteiger charge is -2.15. The van der Waals surface area contributed by atoms with Crippen molar-refractivity contribution in [2.45, 2.75) is 13.8 Å². The van der Waals surface area contributed by atoms with E-state index in [4.69, 9.17) is 17.3 Å². The number of nitrogens with two attached hydrogens (primary N) is 1. The maximum absolute atomic E-state index is 6.34. The molecule has 0 atom stereocenters. The summed E-state index contributed by atoms with van der Waals surface area (Å²) in [5, 5.41) is 8.24. The van der Waals surface area contributed by atoms with Crippen molar-refractivity contribution in [1.82, 2.24) is 15.0 Å². The largest absolute Gasteiger partial charge is 0.393 e. The van der Waals surface area contributed by atoms with Gasteiger partial charge in [0, 0.05) is 21.8 Å². The van der Waals surface area contributed by atoms with Crippen molar-refractivity contribution in [3.05, 3.63) is 71.1 Å². The number of nitrogen functional groups attached to an aromatic ring is 1. The number of rotatable bonds is 4. The Morgan fingerprint density at radius 2 is 1.54 bits per heavy atom. The molecule has 7 heteroatoms. The molecular weight excluding hydrogens is 372 g/mol. The summed E-state index contributed by atoms with van der Waals surface area (Å²) in [6.07, 6.45) is 1.46. The Morgan fingerprint density at radius 3 is 2.32 bits per heavy atom. The van der Waals surface area contributed by atoms with Gasteiger partial charge in [-0.25, -0.2) is 9.97 Å². The highest BCUT2D eigenvalue weighted by molar-refractivity contribution is 6.31. The van der Waals surface area contributed by atoms with Gasteiger partial charge in [0.05, 0.1) is 11.2 Å². The monoisotopic (exact) mass is 390 g/mol. The fraction of sp³-hybridized carbons (Fsp3) is 0.0952. The standard InChI is InChI=1S/C21H19ClN6/c1-12-9-10-14-5-3-8-17(19(14)26-12)28-21-18(23)20(24-11-25-21)27-16-7-4-6-15(22)13(16)2/h3-11H,23H2,1-2H3,(H2,24,25,27,28). The first-order valence-electron chi connectivity index (χ1n) is 8.79. The summed E-state index contributed by atoms with van der Waals surface area (Å²) in [4.78, 5) is 13.2. The molecule has 0 saturated carbocycles. The second-order valence-corrected chi connectivity index (χ2v) is 6.88. The van der Waals surface area contributed by atoms with Gasteiger partial charge in [0.25, 0.3) is 0 Å². The molecule has 0 aliphatic heterocycles. The van der Waals surface area contributed by atoms with Crippen LogP contribution in [0.1, 0.15) is 11.3 Å². The summed E-state index contributed by atoms with van der Waals surface area (Å²) in [7, 11) is 0. The summed E-state index contributed by atoms with van der Waals surface area (Å²) >= 11 is 6.20. The molecule has 6 nitrogen and oxygen atoms in total. The van der Waals surface area contributed by atoms with E-state index in [-0.39, 0.29) is 0 Å². The molecule has 0 unspecified atom stereocenters. The average Bonchev–Trinajstić information content (AvgIpc) is 2.69. The first kappa shape index (κ1) is 18.0. The molecule has 4 rings (SSSR count). The molecule has 0 fully saturated rings. The van der Waals surface area contributed by atoms with E-state index in [1.165, 1.54) is 6.33 Å². The van der Waals surface area contributed by atoms with Gasteiger partial charge in [-0.1, -0.05) is 35.9 Å². The Balaban J connectivity index is 1.70. The van der Waals surface area contributed by atoms with Crippen molar-refractivity contribution < 1.29 is 0 Å². The smallest absolute Gasteiger partial charge is 0.159 e. The number of benzene rings is 2. The van der Waals surface area contributed by atoms with Crippen LogP contribution in [0.25, 0.3) is 10.9 Å². The highest BCUT2D eigenvalue weighted by atomic mass is 35.5. The van der Waals surface area contributed by atoms with Crippen molar-refractivity contribution in [2.75, 3.05) is 16.4 Å². The third kappa shape index (κ3) is 3.42. The zero-order chi connectivity index (χ0) is 19.7. The molecule has 0 aliphatic rings. The molecule has 0 amide bonds. The van der Waals surface area contributed by atoms with Crippen LogP contribution >= 0.6 is 11.6 Å². The summed E-state index contributed by atoms with van der Waals surface area (Å²) in [6, 6.07) is 15.6. The number of fused-ring (bicyclic) bond motifs is 1. The van der Waals surface area contributed by atoms with Crippen LogP contribution in [0.3, 0.4) is 0 Å². The van der Waals surface area contributed by atoms with Crippen LogP contribution in [-0.4, -0.2) is 15.0 Å². The summed E-state index contributed by atoms with van der Waals surface area (Å²) in [5.41, 5.74) is 11.1. The van der Waals surface area contributed by atoms with Crippen molar-refractivity contribution in [3.63, 3.8) is 0 Å². The number of pyridine rings is 1. The van der Waals surface area contributed by atoms with E-state index in [1.807, 2.05) is 62.4 Å². The fourth-order valence-corrected chi connectivity index (χ4v) is 3.11. The minimum Gasteiger partial charge on any atom is -0.393 e. The number of para-hydroxylation sites is 1. The van der Waals surface area contributed by atoms with Crippen molar-refractivity contribution in [2.24, 2.45) is 0 Å². The zero-order valence-electron chi connectivity index (χ0n) is 15.5.